The Morgan fingerprint density at radius 1 is 1.00 bits per heavy atom. The van der Waals surface area contributed by atoms with Gasteiger partial charge >= 0.3 is 6.09 Å². The van der Waals surface area contributed by atoms with Gasteiger partial charge in [0.1, 0.15) is 11.9 Å². The van der Waals surface area contributed by atoms with Crippen molar-refractivity contribution in [2.75, 3.05) is 6.54 Å². The van der Waals surface area contributed by atoms with E-state index in [1.54, 1.807) is 31.2 Å². The van der Waals surface area contributed by atoms with Crippen molar-refractivity contribution in [1.29, 1.82) is 5.41 Å². The molecule has 9 nitrogen and oxygen atoms in total. The van der Waals surface area contributed by atoms with Crippen LogP contribution in [0.1, 0.15) is 47.1 Å². The first-order chi connectivity index (χ1) is 19.2. The maximum atomic E-state index is 12.8. The second-order valence-electron chi connectivity index (χ2n) is 10.2. The fourth-order valence-corrected chi connectivity index (χ4v) is 4.78. The normalized spacial score (nSPS) is 16.2. The summed E-state index contributed by atoms with van der Waals surface area (Å²) in [6.45, 7) is 4.72. The molecule has 5 N–H and O–H groups in total. The van der Waals surface area contributed by atoms with Crippen molar-refractivity contribution in [3.63, 3.8) is 0 Å². The number of benzene rings is 3. The summed E-state index contributed by atoms with van der Waals surface area (Å²) in [5.74, 6) is -0.379. The number of carbonyl (C=O) groups is 3. The number of halogens is 2. The summed E-state index contributed by atoms with van der Waals surface area (Å²) in [5, 5.41) is 26.9. The van der Waals surface area contributed by atoms with Crippen molar-refractivity contribution in [1.82, 2.24) is 20.9 Å². The van der Waals surface area contributed by atoms with Gasteiger partial charge in [0.2, 0.25) is 11.8 Å². The lowest BCUT2D eigenvalue weighted by Gasteiger charge is -2.20. The van der Waals surface area contributed by atoms with E-state index in [2.05, 4.69) is 41.1 Å². The molecule has 0 bridgehead atoms. The molecule has 3 aromatic carbocycles. The molecule has 3 aromatic rings. The first-order valence-corrected chi connectivity index (χ1v) is 13.3. The third kappa shape index (κ3) is 9.04. The van der Waals surface area contributed by atoms with Crippen LogP contribution in [-0.4, -0.2) is 52.4 Å². The molecule has 42 heavy (non-hydrogen) atoms. The van der Waals surface area contributed by atoms with Crippen LogP contribution in [0.25, 0.3) is 0 Å². The van der Waals surface area contributed by atoms with E-state index in [0.717, 1.165) is 16.0 Å². The Balaban J connectivity index is 0.00000308. The summed E-state index contributed by atoms with van der Waals surface area (Å²) in [5.41, 5.74) is 4.41. The molecule has 0 aliphatic carbocycles. The minimum atomic E-state index is -1.21. The number of carboxylic acid groups (broad SMARTS) is 1. The third-order valence-corrected chi connectivity index (χ3v) is 7.09. The Bertz CT molecular complexity index is 1370. The maximum Gasteiger partial charge on any atom is 0.413 e. The van der Waals surface area contributed by atoms with Crippen molar-refractivity contribution in [3.05, 3.63) is 107 Å². The van der Waals surface area contributed by atoms with E-state index in [0.29, 0.717) is 18.5 Å². The average molecular weight is 615 g/mol. The smallest absolute Gasteiger partial charge is 0.413 e. The van der Waals surface area contributed by atoms with Crippen molar-refractivity contribution in [2.24, 2.45) is 0 Å². The van der Waals surface area contributed by atoms with Gasteiger partial charge in [-0.1, -0.05) is 84.4 Å². The second kappa shape index (κ2) is 15.9. The minimum Gasteiger partial charge on any atom is -0.465 e. The summed E-state index contributed by atoms with van der Waals surface area (Å²) >= 11 is 0. The lowest BCUT2D eigenvalue weighted by molar-refractivity contribution is -0.129. The molecule has 0 spiro atoms. The van der Waals surface area contributed by atoms with Gasteiger partial charge in [-0.25, -0.2) is 4.79 Å². The summed E-state index contributed by atoms with van der Waals surface area (Å²) in [7, 11) is 0. The SMILES string of the molecule is Cc1cccc([C@H]2CN[C@@H](C(=O)N[C@@H](C)C(=O)NCc3ccc(C(=N)N(Cc4ccccc4)C(=O)O)cc3)C2)c1.Cl.Cl. The Labute approximate surface area is 258 Å². The highest BCUT2D eigenvalue weighted by atomic mass is 35.5. The van der Waals surface area contributed by atoms with E-state index in [-0.39, 0.29) is 67.5 Å². The first-order valence-electron chi connectivity index (χ1n) is 13.3. The average Bonchev–Trinajstić information content (AvgIpc) is 3.46. The summed E-state index contributed by atoms with van der Waals surface area (Å²) < 4.78 is 0. The minimum absolute atomic E-state index is 0. The van der Waals surface area contributed by atoms with Crippen molar-refractivity contribution in [2.45, 2.75) is 51.4 Å². The van der Waals surface area contributed by atoms with Crippen LogP contribution in [0.2, 0.25) is 0 Å². The lowest BCUT2D eigenvalue weighted by Crippen LogP contribution is -2.49. The van der Waals surface area contributed by atoms with E-state index in [1.165, 1.54) is 11.1 Å². The van der Waals surface area contributed by atoms with Gasteiger partial charge in [-0.05, 0) is 42.9 Å². The highest BCUT2D eigenvalue weighted by molar-refractivity contribution is 6.04. The van der Waals surface area contributed by atoms with Crippen LogP contribution in [0.15, 0.2) is 78.9 Å². The maximum absolute atomic E-state index is 12.8. The van der Waals surface area contributed by atoms with Crippen LogP contribution in [-0.2, 0) is 22.7 Å². The predicted molar refractivity (Wildman–Crippen MR) is 168 cm³/mol. The molecule has 1 aliphatic heterocycles. The largest absolute Gasteiger partial charge is 0.465 e. The number of rotatable bonds is 9. The van der Waals surface area contributed by atoms with Crippen LogP contribution < -0.4 is 16.0 Å². The molecule has 0 radical (unpaired) electrons. The zero-order chi connectivity index (χ0) is 28.6. The van der Waals surface area contributed by atoms with E-state index in [9.17, 15) is 19.5 Å². The lowest BCUT2D eigenvalue weighted by atomic mass is 9.95. The number of aryl methyl sites for hydroxylation is 1. The molecule has 3 amide bonds. The molecule has 1 aliphatic rings. The molecule has 11 heteroatoms. The quantitative estimate of drug-likeness (QED) is 0.177. The number of nitrogens with one attached hydrogen (secondary N) is 4. The van der Waals surface area contributed by atoms with Crippen LogP contribution in [0.4, 0.5) is 4.79 Å². The molecule has 1 saturated heterocycles. The van der Waals surface area contributed by atoms with Gasteiger partial charge in [0.25, 0.3) is 0 Å². The Morgan fingerprint density at radius 3 is 2.33 bits per heavy atom. The molecule has 224 valence electrons. The van der Waals surface area contributed by atoms with Gasteiger partial charge in [0.05, 0.1) is 12.6 Å². The van der Waals surface area contributed by atoms with Gasteiger partial charge in [-0.2, -0.15) is 0 Å². The standard InChI is InChI=1S/C31H35N5O4.2ClH/c1-20-7-6-10-25(15-20)26-16-27(33-18-26)30(38)35-21(2)29(37)34-17-22-11-13-24(14-12-22)28(32)36(31(39)40)19-23-8-4-3-5-9-23;;/h3-15,21,26-27,32-33H,16-19H2,1-2H3,(H,34,37)(H,35,38)(H,39,40);2*1H/t21-,26+,27+;;/m0../s1. The fourth-order valence-electron chi connectivity index (χ4n) is 4.78. The van der Waals surface area contributed by atoms with E-state index < -0.39 is 12.1 Å². The monoisotopic (exact) mass is 613 g/mol. The number of hydrogen-bond acceptors (Lipinski definition) is 5. The molecule has 0 unspecified atom stereocenters. The van der Waals surface area contributed by atoms with E-state index >= 15 is 0 Å². The van der Waals surface area contributed by atoms with E-state index in [4.69, 9.17) is 5.41 Å². The Kier molecular flexibility index (Phi) is 13.0. The second-order valence-corrected chi connectivity index (χ2v) is 10.2. The van der Waals surface area contributed by atoms with Crippen LogP contribution in [0.3, 0.4) is 0 Å². The topological polar surface area (TPSA) is 135 Å². The van der Waals surface area contributed by atoms with E-state index in [1.807, 2.05) is 36.4 Å². The molecular weight excluding hydrogens is 577 g/mol. The summed E-state index contributed by atoms with van der Waals surface area (Å²) in [4.78, 5) is 38.2. The predicted octanol–water partition coefficient (Wildman–Crippen LogP) is 4.61. The number of carbonyl (C=O) groups excluding carboxylic acids is 2. The molecule has 0 aromatic heterocycles. The fraction of sp³-hybridized carbons (Fsp3) is 0.290. The van der Waals surface area contributed by atoms with Crippen LogP contribution in [0, 0.1) is 12.3 Å². The molecule has 0 saturated carbocycles. The van der Waals surface area contributed by atoms with Crippen molar-refractivity contribution < 1.29 is 19.5 Å². The van der Waals surface area contributed by atoms with Gasteiger partial charge in [-0.15, -0.1) is 24.8 Å². The Morgan fingerprint density at radius 2 is 1.69 bits per heavy atom. The number of amidine groups is 1. The number of amides is 3. The van der Waals surface area contributed by atoms with Crippen LogP contribution in [0.5, 0.6) is 0 Å². The van der Waals surface area contributed by atoms with Crippen molar-refractivity contribution in [3.8, 4) is 0 Å². The van der Waals surface area contributed by atoms with Crippen molar-refractivity contribution >= 4 is 48.6 Å². The summed E-state index contributed by atoms with van der Waals surface area (Å²) in [6, 6.07) is 23.2. The zero-order valence-electron chi connectivity index (χ0n) is 23.5. The molecular formula is C31H37Cl2N5O4. The van der Waals surface area contributed by atoms with Gasteiger partial charge < -0.3 is 21.1 Å². The van der Waals surface area contributed by atoms with Gasteiger partial charge in [0, 0.05) is 18.7 Å². The zero-order valence-corrected chi connectivity index (χ0v) is 25.1. The van der Waals surface area contributed by atoms with Crippen LogP contribution >= 0.6 is 24.8 Å². The number of nitrogens with zero attached hydrogens (tertiary/aromatic N) is 1. The molecule has 3 atom stereocenters. The first kappa shape index (κ1) is 34.3. The summed E-state index contributed by atoms with van der Waals surface area (Å²) in [6.07, 6.45) is -0.532. The highest BCUT2D eigenvalue weighted by Gasteiger charge is 2.31. The molecule has 1 heterocycles. The van der Waals surface area contributed by atoms with Gasteiger partial charge in [0.15, 0.2) is 0 Å². The highest BCUT2D eigenvalue weighted by Crippen LogP contribution is 2.26. The Hall–Kier alpha value is -3.92. The third-order valence-electron chi connectivity index (χ3n) is 7.09. The number of hydrogen-bond donors (Lipinski definition) is 5. The molecule has 4 rings (SSSR count). The molecule has 1 fully saturated rings. The van der Waals surface area contributed by atoms with Gasteiger partial charge in [-0.3, -0.25) is 19.9 Å².